The number of carbonyl (C=O) groups excluding carboxylic acids is 2. The van der Waals surface area contributed by atoms with Crippen molar-refractivity contribution in [1.82, 2.24) is 5.32 Å². The van der Waals surface area contributed by atoms with E-state index in [1.54, 1.807) is 60.7 Å². The molecule has 4 rings (SSSR count). The largest absolute Gasteiger partial charge is 0.497 e. The molecule has 0 saturated carbocycles. The molecule has 0 spiro atoms. The molecule has 2 N–H and O–H groups in total. The van der Waals surface area contributed by atoms with E-state index in [9.17, 15) is 19.5 Å². The highest BCUT2D eigenvalue weighted by Gasteiger charge is 2.59. The summed E-state index contributed by atoms with van der Waals surface area (Å²) in [5.74, 6) is 1.72. The number of hydrogen-bond acceptors (Lipinski definition) is 5. The number of benzene rings is 3. The average molecular weight is 476 g/mol. The number of fused-ring (bicyclic) bond motifs is 1. The van der Waals surface area contributed by atoms with E-state index < -0.39 is 29.3 Å². The van der Waals surface area contributed by atoms with Crippen LogP contribution in [0.25, 0.3) is 0 Å². The molecule has 170 valence electrons. The number of hydrogen-bond donors (Lipinski definition) is 2. The molecule has 2 atom stereocenters. The van der Waals surface area contributed by atoms with Crippen molar-refractivity contribution >= 4 is 29.4 Å². The van der Waals surface area contributed by atoms with E-state index in [-0.39, 0.29) is 11.3 Å². The summed E-state index contributed by atoms with van der Waals surface area (Å²) in [4.78, 5) is 38.8. The Morgan fingerprint density at radius 2 is 1.74 bits per heavy atom. The standard InChI is InChI=1S/C26H18ClNO6/c1-33-19-13-9-17(10-14-19)23(29)28-26(24(30)31)21(15-8-16-6-11-18(27)12-7-16)20-4-2-3-5-22(20)34-25(26)32/h2-7,9-14,21H,1H3,(H,28,29)(H,30,31)/t21-,26-/m1/s1. The highest BCUT2D eigenvalue weighted by Crippen LogP contribution is 2.40. The maximum absolute atomic E-state index is 13.1. The van der Waals surface area contributed by atoms with Gasteiger partial charge in [0, 0.05) is 21.7 Å². The van der Waals surface area contributed by atoms with Crippen molar-refractivity contribution in [3.05, 3.63) is 94.5 Å². The summed E-state index contributed by atoms with van der Waals surface area (Å²) in [5, 5.41) is 13.2. The van der Waals surface area contributed by atoms with Crippen LogP contribution in [0, 0.1) is 11.8 Å². The Kier molecular flexibility index (Phi) is 6.26. The fourth-order valence-electron chi connectivity index (χ4n) is 3.60. The van der Waals surface area contributed by atoms with Gasteiger partial charge < -0.3 is 19.9 Å². The molecule has 0 aliphatic carbocycles. The number of carboxylic acid groups (broad SMARTS) is 1. The Morgan fingerprint density at radius 3 is 2.38 bits per heavy atom. The van der Waals surface area contributed by atoms with E-state index in [1.807, 2.05) is 0 Å². The van der Waals surface area contributed by atoms with Crippen LogP contribution in [0.15, 0.2) is 72.8 Å². The van der Waals surface area contributed by atoms with Gasteiger partial charge >= 0.3 is 11.9 Å². The molecule has 1 aliphatic rings. The minimum absolute atomic E-state index is 0.137. The maximum atomic E-state index is 13.1. The van der Waals surface area contributed by atoms with Gasteiger partial charge in [0.1, 0.15) is 11.5 Å². The Morgan fingerprint density at radius 1 is 1.06 bits per heavy atom. The molecular formula is C26H18ClNO6. The summed E-state index contributed by atoms with van der Waals surface area (Å²) in [5.41, 5.74) is -1.43. The van der Waals surface area contributed by atoms with Gasteiger partial charge in [0.25, 0.3) is 11.4 Å². The predicted molar refractivity (Wildman–Crippen MR) is 124 cm³/mol. The smallest absolute Gasteiger partial charge is 0.350 e. The fraction of sp³-hybridized carbons (Fsp3) is 0.115. The van der Waals surface area contributed by atoms with Gasteiger partial charge in [0.2, 0.25) is 0 Å². The third-order valence-electron chi connectivity index (χ3n) is 5.39. The summed E-state index contributed by atoms with van der Waals surface area (Å²) >= 11 is 5.93. The summed E-state index contributed by atoms with van der Waals surface area (Å²) < 4.78 is 10.4. The lowest BCUT2D eigenvalue weighted by Crippen LogP contribution is -2.66. The number of ether oxygens (including phenoxy) is 2. The predicted octanol–water partition coefficient (Wildman–Crippen LogP) is 3.66. The first-order valence-electron chi connectivity index (χ1n) is 10.1. The normalized spacial score (nSPS) is 18.5. The van der Waals surface area contributed by atoms with Crippen molar-refractivity contribution in [3.8, 4) is 23.3 Å². The lowest BCUT2D eigenvalue weighted by molar-refractivity contribution is -0.158. The Hall–Kier alpha value is -4.28. The first kappa shape index (κ1) is 22.9. The van der Waals surface area contributed by atoms with Gasteiger partial charge in [-0.2, -0.15) is 0 Å². The SMILES string of the molecule is COc1ccc(C(=O)N[C@]2(C(=O)O)C(=O)Oc3ccccc3[C@H]2C#Cc2ccc(Cl)cc2)cc1. The van der Waals surface area contributed by atoms with Crippen molar-refractivity contribution in [2.75, 3.05) is 7.11 Å². The van der Waals surface area contributed by atoms with Gasteiger partial charge in [-0.3, -0.25) is 4.79 Å². The molecule has 0 bridgehead atoms. The molecule has 1 aliphatic heterocycles. The molecule has 3 aromatic rings. The van der Waals surface area contributed by atoms with E-state index in [0.29, 0.717) is 21.9 Å². The van der Waals surface area contributed by atoms with Crippen LogP contribution in [0.1, 0.15) is 27.4 Å². The summed E-state index contributed by atoms with van der Waals surface area (Å²) in [6.07, 6.45) is 0. The van der Waals surface area contributed by atoms with Crippen molar-refractivity contribution in [1.29, 1.82) is 0 Å². The van der Waals surface area contributed by atoms with Crippen LogP contribution in [0.3, 0.4) is 0 Å². The number of methoxy groups -OCH3 is 1. The molecule has 0 saturated heterocycles. The number of para-hydroxylation sites is 1. The minimum Gasteiger partial charge on any atom is -0.497 e. The minimum atomic E-state index is -2.48. The zero-order valence-corrected chi connectivity index (χ0v) is 18.6. The van der Waals surface area contributed by atoms with E-state index in [0.717, 1.165) is 0 Å². The van der Waals surface area contributed by atoms with Crippen molar-refractivity contribution in [3.63, 3.8) is 0 Å². The number of nitrogens with one attached hydrogen (secondary N) is 1. The zero-order valence-electron chi connectivity index (χ0n) is 17.9. The Labute approximate surface area is 200 Å². The van der Waals surface area contributed by atoms with E-state index in [2.05, 4.69) is 17.2 Å². The number of carbonyl (C=O) groups is 3. The molecular weight excluding hydrogens is 458 g/mol. The zero-order chi connectivity index (χ0) is 24.3. The summed E-state index contributed by atoms with van der Waals surface area (Å²) in [6.45, 7) is 0. The van der Waals surface area contributed by atoms with Crippen LogP contribution in [-0.2, 0) is 9.59 Å². The highest BCUT2D eigenvalue weighted by atomic mass is 35.5. The fourth-order valence-corrected chi connectivity index (χ4v) is 3.73. The van der Waals surface area contributed by atoms with E-state index >= 15 is 0 Å². The van der Waals surface area contributed by atoms with E-state index in [1.165, 1.54) is 19.2 Å². The van der Waals surface area contributed by atoms with Gasteiger partial charge in [0.05, 0.1) is 13.0 Å². The first-order valence-corrected chi connectivity index (χ1v) is 10.5. The molecule has 7 nitrogen and oxygen atoms in total. The van der Waals surface area contributed by atoms with Gasteiger partial charge in [-0.25, -0.2) is 9.59 Å². The highest BCUT2D eigenvalue weighted by molar-refractivity contribution is 6.30. The molecule has 0 fully saturated rings. The molecule has 1 heterocycles. The number of carboxylic acids is 1. The third-order valence-corrected chi connectivity index (χ3v) is 5.64. The summed E-state index contributed by atoms with van der Waals surface area (Å²) in [6, 6.07) is 19.1. The summed E-state index contributed by atoms with van der Waals surface area (Å²) in [7, 11) is 1.48. The van der Waals surface area contributed by atoms with Crippen LogP contribution in [0.2, 0.25) is 5.02 Å². The van der Waals surface area contributed by atoms with Gasteiger partial charge in [0.15, 0.2) is 0 Å². The van der Waals surface area contributed by atoms with Crippen LogP contribution in [0.4, 0.5) is 0 Å². The Bertz CT molecular complexity index is 1320. The molecule has 0 radical (unpaired) electrons. The number of amides is 1. The number of aliphatic carboxylic acids is 1. The lowest BCUT2D eigenvalue weighted by atomic mass is 9.76. The van der Waals surface area contributed by atoms with Crippen LogP contribution in [0.5, 0.6) is 11.5 Å². The molecule has 0 unspecified atom stereocenters. The number of esters is 1. The number of halogens is 1. The first-order chi connectivity index (χ1) is 16.3. The second-order valence-electron chi connectivity index (χ2n) is 7.43. The monoisotopic (exact) mass is 475 g/mol. The Balaban J connectivity index is 1.82. The topological polar surface area (TPSA) is 102 Å². The van der Waals surface area contributed by atoms with Gasteiger partial charge in [-0.15, -0.1) is 0 Å². The second-order valence-corrected chi connectivity index (χ2v) is 7.87. The average Bonchev–Trinajstić information content (AvgIpc) is 2.84. The second kappa shape index (κ2) is 9.30. The quantitative estimate of drug-likeness (QED) is 0.258. The van der Waals surface area contributed by atoms with E-state index in [4.69, 9.17) is 21.1 Å². The molecule has 3 aromatic carbocycles. The lowest BCUT2D eigenvalue weighted by Gasteiger charge is -2.37. The molecule has 34 heavy (non-hydrogen) atoms. The van der Waals surface area contributed by atoms with Gasteiger partial charge in [-0.1, -0.05) is 41.6 Å². The van der Waals surface area contributed by atoms with Gasteiger partial charge in [-0.05, 0) is 54.6 Å². The van der Waals surface area contributed by atoms with Crippen LogP contribution in [-0.4, -0.2) is 35.6 Å². The van der Waals surface area contributed by atoms with Crippen LogP contribution < -0.4 is 14.8 Å². The number of rotatable bonds is 4. The third kappa shape index (κ3) is 4.19. The molecule has 8 heteroatoms. The van der Waals surface area contributed by atoms with Crippen LogP contribution >= 0.6 is 11.6 Å². The molecule has 1 amide bonds. The molecule has 0 aromatic heterocycles. The van der Waals surface area contributed by atoms with Crippen molar-refractivity contribution in [2.24, 2.45) is 0 Å². The maximum Gasteiger partial charge on any atom is 0.350 e. The van der Waals surface area contributed by atoms with Crippen molar-refractivity contribution < 1.29 is 29.0 Å². The van der Waals surface area contributed by atoms with Crippen molar-refractivity contribution in [2.45, 2.75) is 11.5 Å².